The summed E-state index contributed by atoms with van der Waals surface area (Å²) in [6.45, 7) is 6.99. The summed E-state index contributed by atoms with van der Waals surface area (Å²) in [4.78, 5) is 21.5. The highest BCUT2D eigenvalue weighted by atomic mass is 16.5. The average molecular weight is 200 g/mol. The van der Waals surface area contributed by atoms with E-state index in [1.807, 2.05) is 13.8 Å². The van der Waals surface area contributed by atoms with Crippen molar-refractivity contribution in [3.8, 4) is 0 Å². The molecule has 0 spiro atoms. The van der Waals surface area contributed by atoms with Crippen molar-refractivity contribution in [1.29, 1.82) is 0 Å². The molecule has 0 aliphatic rings. The monoisotopic (exact) mass is 200 g/mol. The summed E-state index contributed by atoms with van der Waals surface area (Å²) in [6, 6.07) is 0. The van der Waals surface area contributed by atoms with E-state index in [-0.39, 0.29) is 6.10 Å². The standard InChI is InChI=1S/C10H16O4/c1-4-6-8(5-2)14-10(13)7(3)9(11)12/h8H,3-6H2,1-2H3,(H,11,12). The van der Waals surface area contributed by atoms with Gasteiger partial charge in [0.25, 0.3) is 0 Å². The Hall–Kier alpha value is -1.32. The zero-order chi connectivity index (χ0) is 11.1. The van der Waals surface area contributed by atoms with E-state index in [0.717, 1.165) is 12.8 Å². The van der Waals surface area contributed by atoms with E-state index >= 15 is 0 Å². The van der Waals surface area contributed by atoms with E-state index in [1.54, 1.807) is 0 Å². The second-order valence-corrected chi connectivity index (χ2v) is 3.01. The fourth-order valence-corrected chi connectivity index (χ4v) is 0.978. The van der Waals surface area contributed by atoms with Crippen LogP contribution in [0.5, 0.6) is 0 Å². The van der Waals surface area contributed by atoms with Crippen molar-refractivity contribution in [2.75, 3.05) is 0 Å². The van der Waals surface area contributed by atoms with Crippen LogP contribution in [0, 0.1) is 0 Å². The summed E-state index contributed by atoms with van der Waals surface area (Å²) < 4.78 is 4.94. The number of carbonyl (C=O) groups excluding carboxylic acids is 1. The molecule has 0 aliphatic heterocycles. The molecule has 0 rings (SSSR count). The van der Waals surface area contributed by atoms with Crippen LogP contribution in [-0.2, 0) is 14.3 Å². The summed E-state index contributed by atoms with van der Waals surface area (Å²) >= 11 is 0. The Morgan fingerprint density at radius 2 is 2.00 bits per heavy atom. The molecule has 0 saturated heterocycles. The molecule has 0 bridgehead atoms. The van der Waals surface area contributed by atoms with Crippen LogP contribution in [0.2, 0.25) is 0 Å². The van der Waals surface area contributed by atoms with Crippen LogP contribution in [0.3, 0.4) is 0 Å². The minimum atomic E-state index is -1.33. The second-order valence-electron chi connectivity index (χ2n) is 3.01. The number of hydrogen-bond donors (Lipinski definition) is 1. The summed E-state index contributed by atoms with van der Waals surface area (Å²) in [5.74, 6) is -2.17. The molecule has 0 aromatic carbocycles. The fraction of sp³-hybridized carbons (Fsp3) is 0.600. The highest BCUT2D eigenvalue weighted by molar-refractivity contribution is 6.12. The average Bonchev–Trinajstić information content (AvgIpc) is 2.15. The van der Waals surface area contributed by atoms with Crippen molar-refractivity contribution in [2.45, 2.75) is 39.2 Å². The maximum atomic E-state index is 11.1. The lowest BCUT2D eigenvalue weighted by molar-refractivity contribution is -0.148. The highest BCUT2D eigenvalue weighted by Gasteiger charge is 2.19. The summed E-state index contributed by atoms with van der Waals surface area (Å²) in [5, 5.41) is 8.47. The number of aliphatic carboxylic acids is 1. The highest BCUT2D eigenvalue weighted by Crippen LogP contribution is 2.08. The maximum Gasteiger partial charge on any atom is 0.345 e. The lowest BCUT2D eigenvalue weighted by atomic mass is 10.1. The zero-order valence-corrected chi connectivity index (χ0v) is 8.58. The molecule has 0 heterocycles. The predicted molar refractivity (Wildman–Crippen MR) is 51.9 cm³/mol. The van der Waals surface area contributed by atoms with Gasteiger partial charge in [0.15, 0.2) is 0 Å². The van der Waals surface area contributed by atoms with Crippen molar-refractivity contribution in [2.24, 2.45) is 0 Å². The van der Waals surface area contributed by atoms with Crippen LogP contribution in [0.25, 0.3) is 0 Å². The molecule has 80 valence electrons. The van der Waals surface area contributed by atoms with E-state index < -0.39 is 17.5 Å². The summed E-state index contributed by atoms with van der Waals surface area (Å²) in [5.41, 5.74) is -0.514. The second kappa shape index (κ2) is 6.18. The molecule has 14 heavy (non-hydrogen) atoms. The molecule has 0 fully saturated rings. The first kappa shape index (κ1) is 12.7. The first-order valence-corrected chi connectivity index (χ1v) is 4.66. The third kappa shape index (κ3) is 4.07. The van der Waals surface area contributed by atoms with Crippen LogP contribution in [0.15, 0.2) is 12.2 Å². The molecule has 1 atom stereocenters. The van der Waals surface area contributed by atoms with Crippen LogP contribution >= 0.6 is 0 Å². The molecule has 1 N–H and O–H groups in total. The van der Waals surface area contributed by atoms with Gasteiger partial charge in [-0.3, -0.25) is 0 Å². The Labute approximate surface area is 83.6 Å². The molecule has 0 aliphatic carbocycles. The topological polar surface area (TPSA) is 63.6 Å². The van der Waals surface area contributed by atoms with Gasteiger partial charge >= 0.3 is 11.9 Å². The van der Waals surface area contributed by atoms with E-state index in [0.29, 0.717) is 6.42 Å². The number of carbonyl (C=O) groups is 2. The molecular formula is C10H16O4. The van der Waals surface area contributed by atoms with Crippen LogP contribution in [0.4, 0.5) is 0 Å². The van der Waals surface area contributed by atoms with Crippen LogP contribution in [0.1, 0.15) is 33.1 Å². The van der Waals surface area contributed by atoms with Crippen molar-refractivity contribution < 1.29 is 19.4 Å². The molecule has 4 nitrogen and oxygen atoms in total. The van der Waals surface area contributed by atoms with E-state index in [9.17, 15) is 9.59 Å². The lowest BCUT2D eigenvalue weighted by Crippen LogP contribution is -2.21. The Morgan fingerprint density at radius 1 is 1.43 bits per heavy atom. The van der Waals surface area contributed by atoms with Gasteiger partial charge in [0, 0.05) is 0 Å². The lowest BCUT2D eigenvalue weighted by Gasteiger charge is -2.14. The van der Waals surface area contributed by atoms with Gasteiger partial charge in [-0.15, -0.1) is 0 Å². The zero-order valence-electron chi connectivity index (χ0n) is 8.58. The first-order chi connectivity index (χ1) is 6.52. The van der Waals surface area contributed by atoms with E-state index in [4.69, 9.17) is 9.84 Å². The minimum Gasteiger partial charge on any atom is -0.477 e. The largest absolute Gasteiger partial charge is 0.477 e. The Morgan fingerprint density at radius 3 is 2.36 bits per heavy atom. The Kier molecular flexibility index (Phi) is 5.60. The van der Waals surface area contributed by atoms with Gasteiger partial charge in [0.05, 0.1) is 0 Å². The van der Waals surface area contributed by atoms with E-state index in [1.165, 1.54) is 0 Å². The minimum absolute atomic E-state index is 0.205. The Balaban J connectivity index is 4.15. The fourth-order valence-electron chi connectivity index (χ4n) is 0.978. The molecule has 0 aromatic heterocycles. The van der Waals surface area contributed by atoms with Crippen molar-refractivity contribution in [3.63, 3.8) is 0 Å². The van der Waals surface area contributed by atoms with Crippen molar-refractivity contribution >= 4 is 11.9 Å². The molecular weight excluding hydrogens is 184 g/mol. The summed E-state index contributed by atoms with van der Waals surface area (Å²) in [7, 11) is 0. The van der Waals surface area contributed by atoms with Crippen molar-refractivity contribution in [1.82, 2.24) is 0 Å². The quantitative estimate of drug-likeness (QED) is 0.307. The number of esters is 1. The molecule has 0 radical (unpaired) electrons. The van der Waals surface area contributed by atoms with Gasteiger partial charge in [-0.2, -0.15) is 0 Å². The molecule has 4 heteroatoms. The van der Waals surface area contributed by atoms with Crippen LogP contribution in [-0.4, -0.2) is 23.1 Å². The SMILES string of the molecule is C=C(C(=O)O)C(=O)OC(CC)CCC. The van der Waals surface area contributed by atoms with Gasteiger partial charge < -0.3 is 9.84 Å². The number of ether oxygens (including phenoxy) is 1. The van der Waals surface area contributed by atoms with E-state index in [2.05, 4.69) is 6.58 Å². The summed E-state index contributed by atoms with van der Waals surface area (Å²) in [6.07, 6.45) is 2.12. The van der Waals surface area contributed by atoms with Gasteiger partial charge in [0.2, 0.25) is 0 Å². The molecule has 0 saturated carbocycles. The third-order valence-corrected chi connectivity index (χ3v) is 1.84. The normalized spacial score (nSPS) is 11.9. The van der Waals surface area contributed by atoms with Gasteiger partial charge in [-0.05, 0) is 12.8 Å². The van der Waals surface area contributed by atoms with Crippen LogP contribution < -0.4 is 0 Å². The number of carboxylic acids is 1. The van der Waals surface area contributed by atoms with Crippen molar-refractivity contribution in [3.05, 3.63) is 12.2 Å². The number of carboxylic acid groups (broad SMARTS) is 1. The first-order valence-electron chi connectivity index (χ1n) is 4.66. The van der Waals surface area contributed by atoms with Gasteiger partial charge in [-0.1, -0.05) is 26.8 Å². The maximum absolute atomic E-state index is 11.1. The van der Waals surface area contributed by atoms with Gasteiger partial charge in [0.1, 0.15) is 11.7 Å². The molecule has 0 amide bonds. The third-order valence-electron chi connectivity index (χ3n) is 1.84. The van der Waals surface area contributed by atoms with Gasteiger partial charge in [-0.25, -0.2) is 9.59 Å². The Bertz CT molecular complexity index is 232. The predicted octanol–water partition coefficient (Wildman–Crippen LogP) is 1.75. The number of rotatable bonds is 6. The molecule has 1 unspecified atom stereocenters. The smallest absolute Gasteiger partial charge is 0.345 e. The number of hydrogen-bond acceptors (Lipinski definition) is 3. The molecule has 0 aromatic rings.